The quantitative estimate of drug-likeness (QED) is 0.762. The molecule has 3 heteroatoms. The highest BCUT2D eigenvalue weighted by atomic mass is 35.5. The molecule has 0 aliphatic heterocycles. The zero-order valence-corrected chi connectivity index (χ0v) is 9.89. The summed E-state index contributed by atoms with van der Waals surface area (Å²) in [5, 5.41) is 0.534. The molecule has 0 aromatic carbocycles. The number of hydrogen-bond acceptors (Lipinski definition) is 2. The minimum absolute atomic E-state index is 0.311. The third kappa shape index (κ3) is 2.18. The molecule has 14 heavy (non-hydrogen) atoms. The Morgan fingerprint density at radius 2 is 1.79 bits per heavy atom. The predicted octanol–water partition coefficient (Wildman–Crippen LogP) is 3.56. The Labute approximate surface area is 90.5 Å². The number of anilines is 1. The highest BCUT2D eigenvalue weighted by molar-refractivity contribution is 6.29. The van der Waals surface area contributed by atoms with E-state index in [2.05, 4.69) is 32.7 Å². The van der Waals surface area contributed by atoms with Gasteiger partial charge in [0.15, 0.2) is 0 Å². The maximum Gasteiger partial charge on any atom is 0.129 e. The first-order chi connectivity index (χ1) is 6.43. The van der Waals surface area contributed by atoms with Gasteiger partial charge in [0.25, 0.3) is 0 Å². The average molecular weight is 213 g/mol. The van der Waals surface area contributed by atoms with Gasteiger partial charge >= 0.3 is 0 Å². The lowest BCUT2D eigenvalue weighted by Gasteiger charge is -2.15. The molecule has 1 aromatic rings. The summed E-state index contributed by atoms with van der Waals surface area (Å²) in [4.78, 5) is 4.26. The first kappa shape index (κ1) is 11.3. The van der Waals surface area contributed by atoms with E-state index in [-0.39, 0.29) is 0 Å². The number of nitrogen functional groups attached to an aromatic ring is 1. The zero-order chi connectivity index (χ0) is 10.9. The molecular formula is C11H17ClN2. The number of halogens is 1. The maximum atomic E-state index is 6.03. The van der Waals surface area contributed by atoms with E-state index in [1.165, 1.54) is 0 Å². The van der Waals surface area contributed by atoms with Crippen molar-refractivity contribution in [1.29, 1.82) is 0 Å². The van der Waals surface area contributed by atoms with Crippen LogP contribution in [0.4, 0.5) is 5.69 Å². The molecule has 1 heterocycles. The zero-order valence-electron chi connectivity index (χ0n) is 9.13. The molecule has 0 saturated heterocycles. The molecule has 0 atom stereocenters. The summed E-state index contributed by atoms with van der Waals surface area (Å²) in [7, 11) is 0. The molecule has 0 saturated carbocycles. The molecule has 2 nitrogen and oxygen atoms in total. The monoisotopic (exact) mass is 212 g/mol. The molecule has 0 amide bonds. The van der Waals surface area contributed by atoms with Crippen LogP contribution in [0.2, 0.25) is 5.15 Å². The van der Waals surface area contributed by atoms with Crippen LogP contribution in [0.15, 0.2) is 6.07 Å². The standard InChI is InChI=1S/C11H17ClN2/c1-6(2)8-5-9(12)14-11(7(3)4)10(8)13/h5-7H,13H2,1-4H3. The second kappa shape index (κ2) is 4.18. The van der Waals surface area contributed by atoms with Gasteiger partial charge in [0.1, 0.15) is 5.15 Å². The lowest BCUT2D eigenvalue weighted by Crippen LogP contribution is -2.05. The van der Waals surface area contributed by atoms with Crippen molar-refractivity contribution >= 4 is 17.3 Å². The fourth-order valence-electron chi connectivity index (χ4n) is 1.48. The van der Waals surface area contributed by atoms with Crippen molar-refractivity contribution in [3.8, 4) is 0 Å². The van der Waals surface area contributed by atoms with Crippen LogP contribution in [0.5, 0.6) is 0 Å². The highest BCUT2D eigenvalue weighted by Crippen LogP contribution is 2.30. The van der Waals surface area contributed by atoms with Gasteiger partial charge in [0.2, 0.25) is 0 Å². The van der Waals surface area contributed by atoms with E-state index in [1.807, 2.05) is 6.07 Å². The van der Waals surface area contributed by atoms with Gasteiger partial charge in [-0.25, -0.2) is 4.98 Å². The summed E-state index contributed by atoms with van der Waals surface area (Å²) in [5.74, 6) is 0.694. The summed E-state index contributed by atoms with van der Waals surface area (Å²) < 4.78 is 0. The lowest BCUT2D eigenvalue weighted by molar-refractivity contribution is 0.806. The molecule has 0 bridgehead atoms. The Morgan fingerprint density at radius 1 is 1.21 bits per heavy atom. The van der Waals surface area contributed by atoms with E-state index in [4.69, 9.17) is 17.3 Å². The Balaban J connectivity index is 3.32. The maximum absolute atomic E-state index is 6.03. The van der Waals surface area contributed by atoms with Crippen LogP contribution in [0, 0.1) is 0 Å². The smallest absolute Gasteiger partial charge is 0.129 e. The van der Waals surface area contributed by atoms with Crippen LogP contribution in [0.3, 0.4) is 0 Å². The number of nitrogens with two attached hydrogens (primary N) is 1. The Hall–Kier alpha value is -0.760. The number of hydrogen-bond donors (Lipinski definition) is 1. The van der Waals surface area contributed by atoms with Crippen LogP contribution in [0.1, 0.15) is 50.8 Å². The molecule has 0 fully saturated rings. The SMILES string of the molecule is CC(C)c1cc(Cl)nc(C(C)C)c1N. The van der Waals surface area contributed by atoms with Crippen LogP contribution in [0.25, 0.3) is 0 Å². The van der Waals surface area contributed by atoms with E-state index >= 15 is 0 Å². The third-order valence-electron chi connectivity index (χ3n) is 2.26. The van der Waals surface area contributed by atoms with Crippen LogP contribution in [-0.2, 0) is 0 Å². The van der Waals surface area contributed by atoms with E-state index in [9.17, 15) is 0 Å². The highest BCUT2D eigenvalue weighted by Gasteiger charge is 2.13. The third-order valence-corrected chi connectivity index (χ3v) is 2.45. The first-order valence-electron chi connectivity index (χ1n) is 4.89. The van der Waals surface area contributed by atoms with E-state index in [1.54, 1.807) is 0 Å². The Bertz CT molecular complexity index is 303. The number of aromatic nitrogens is 1. The van der Waals surface area contributed by atoms with Gasteiger partial charge in [-0.3, -0.25) is 0 Å². The van der Waals surface area contributed by atoms with Crippen molar-refractivity contribution in [3.63, 3.8) is 0 Å². The summed E-state index contributed by atoms with van der Waals surface area (Å²) in [6, 6.07) is 1.85. The molecule has 0 aliphatic rings. The molecular weight excluding hydrogens is 196 g/mol. The molecule has 2 N–H and O–H groups in total. The molecule has 1 rings (SSSR count). The first-order valence-corrected chi connectivity index (χ1v) is 5.27. The lowest BCUT2D eigenvalue weighted by atomic mass is 9.98. The van der Waals surface area contributed by atoms with Gasteiger partial charge in [-0.2, -0.15) is 0 Å². The van der Waals surface area contributed by atoms with Crippen molar-refractivity contribution in [2.75, 3.05) is 5.73 Å². The molecule has 1 aromatic heterocycles. The molecule has 0 unspecified atom stereocenters. The van der Waals surface area contributed by atoms with Crippen molar-refractivity contribution < 1.29 is 0 Å². The average Bonchev–Trinajstić information content (AvgIpc) is 2.07. The topological polar surface area (TPSA) is 38.9 Å². The fraction of sp³-hybridized carbons (Fsp3) is 0.545. The van der Waals surface area contributed by atoms with Gasteiger partial charge in [-0.05, 0) is 23.5 Å². The Morgan fingerprint density at radius 3 is 2.21 bits per heavy atom. The van der Waals surface area contributed by atoms with Crippen LogP contribution < -0.4 is 5.73 Å². The molecule has 0 radical (unpaired) electrons. The normalized spacial score (nSPS) is 11.4. The van der Waals surface area contributed by atoms with Crippen LogP contribution in [-0.4, -0.2) is 4.98 Å². The predicted molar refractivity (Wildman–Crippen MR) is 61.8 cm³/mol. The number of nitrogens with zero attached hydrogens (tertiary/aromatic N) is 1. The van der Waals surface area contributed by atoms with E-state index in [0.717, 1.165) is 16.9 Å². The largest absolute Gasteiger partial charge is 0.397 e. The second-order valence-corrected chi connectivity index (χ2v) is 4.53. The van der Waals surface area contributed by atoms with Gasteiger partial charge < -0.3 is 5.73 Å². The Kier molecular flexibility index (Phi) is 3.38. The second-order valence-electron chi connectivity index (χ2n) is 4.14. The number of pyridine rings is 1. The summed E-state index contributed by atoms with van der Waals surface area (Å²) >= 11 is 5.94. The van der Waals surface area contributed by atoms with Gasteiger partial charge in [0.05, 0.1) is 11.4 Å². The minimum Gasteiger partial charge on any atom is -0.397 e. The molecule has 0 spiro atoms. The molecule has 0 aliphatic carbocycles. The summed E-state index contributed by atoms with van der Waals surface area (Å²) in [5.41, 5.74) is 8.82. The van der Waals surface area contributed by atoms with Crippen molar-refractivity contribution in [2.45, 2.75) is 39.5 Å². The fourth-order valence-corrected chi connectivity index (χ4v) is 1.69. The summed E-state index contributed by atoms with van der Waals surface area (Å²) in [6.07, 6.45) is 0. The van der Waals surface area contributed by atoms with Gasteiger partial charge in [-0.15, -0.1) is 0 Å². The van der Waals surface area contributed by atoms with Crippen molar-refractivity contribution in [2.24, 2.45) is 0 Å². The van der Waals surface area contributed by atoms with Gasteiger partial charge in [-0.1, -0.05) is 39.3 Å². The van der Waals surface area contributed by atoms with E-state index in [0.29, 0.717) is 17.0 Å². The molecule has 78 valence electrons. The van der Waals surface area contributed by atoms with Crippen molar-refractivity contribution in [3.05, 3.63) is 22.5 Å². The van der Waals surface area contributed by atoms with E-state index < -0.39 is 0 Å². The number of rotatable bonds is 2. The summed E-state index contributed by atoms with van der Waals surface area (Å²) in [6.45, 7) is 8.34. The van der Waals surface area contributed by atoms with Crippen LogP contribution >= 0.6 is 11.6 Å². The minimum atomic E-state index is 0.311. The van der Waals surface area contributed by atoms with Crippen molar-refractivity contribution in [1.82, 2.24) is 4.98 Å². The van der Waals surface area contributed by atoms with Gasteiger partial charge in [0, 0.05) is 0 Å².